The number of piperidine rings is 1. The topological polar surface area (TPSA) is 142 Å². The molecule has 1 saturated heterocycles. The van der Waals surface area contributed by atoms with Crippen molar-refractivity contribution in [1.29, 1.82) is 0 Å². The minimum absolute atomic E-state index is 0.0275. The van der Waals surface area contributed by atoms with Gasteiger partial charge in [0.2, 0.25) is 0 Å². The van der Waals surface area contributed by atoms with Crippen molar-refractivity contribution in [3.63, 3.8) is 0 Å². The van der Waals surface area contributed by atoms with Gasteiger partial charge in [0.1, 0.15) is 22.9 Å². The summed E-state index contributed by atoms with van der Waals surface area (Å²) in [6.45, 7) is 9.24. The summed E-state index contributed by atoms with van der Waals surface area (Å²) in [5.74, 6) is 5.43. The first-order chi connectivity index (χ1) is 19.4. The van der Waals surface area contributed by atoms with Crippen LogP contribution in [0.2, 0.25) is 0 Å². The van der Waals surface area contributed by atoms with E-state index in [0.29, 0.717) is 35.5 Å². The SMILES string of the molecule is CCOC(=O)c1c(-c2ccc(C(=O)Nc3cc(C)c(F)cn3)cc2)nc(C2CCCCN2C(=O)OC(C)(C)C)n1N. The number of carbonyl (C=O) groups is 3. The summed E-state index contributed by atoms with van der Waals surface area (Å²) in [5.41, 5.74) is 0.793. The number of halogens is 1. The van der Waals surface area contributed by atoms with Crippen LogP contribution in [0, 0.1) is 12.7 Å². The van der Waals surface area contributed by atoms with Crippen molar-refractivity contribution < 1.29 is 28.2 Å². The molecular formula is C29H35FN6O5. The number of likely N-dealkylation sites (tertiary alicyclic amines) is 1. The Balaban J connectivity index is 1.67. The third-order valence-corrected chi connectivity index (χ3v) is 6.55. The van der Waals surface area contributed by atoms with Crippen molar-refractivity contribution >= 4 is 23.8 Å². The lowest BCUT2D eigenvalue weighted by atomic mass is 10.0. The minimum atomic E-state index is -0.682. The Kier molecular flexibility index (Phi) is 8.60. The number of rotatable bonds is 6. The number of anilines is 1. The molecule has 2 aromatic heterocycles. The summed E-state index contributed by atoms with van der Waals surface area (Å²) in [5, 5.41) is 2.64. The fourth-order valence-corrected chi connectivity index (χ4v) is 4.60. The van der Waals surface area contributed by atoms with Crippen LogP contribution < -0.4 is 11.2 Å². The van der Waals surface area contributed by atoms with Gasteiger partial charge < -0.3 is 20.6 Å². The number of amides is 2. The Labute approximate surface area is 237 Å². The molecule has 1 aromatic carbocycles. The molecule has 3 aromatic rings. The summed E-state index contributed by atoms with van der Waals surface area (Å²) < 4.78 is 25.6. The van der Waals surface area contributed by atoms with Gasteiger partial charge in [-0.15, -0.1) is 0 Å². The van der Waals surface area contributed by atoms with E-state index in [1.165, 1.54) is 10.7 Å². The summed E-state index contributed by atoms with van der Waals surface area (Å²) in [4.78, 5) is 49.1. The zero-order valence-corrected chi connectivity index (χ0v) is 23.9. The van der Waals surface area contributed by atoms with Gasteiger partial charge in [-0.05, 0) is 77.6 Å². The molecule has 218 valence electrons. The van der Waals surface area contributed by atoms with Gasteiger partial charge in [0.05, 0.1) is 18.8 Å². The lowest BCUT2D eigenvalue weighted by molar-refractivity contribution is 0.00820. The van der Waals surface area contributed by atoms with E-state index in [0.717, 1.165) is 19.0 Å². The number of hydrogen-bond donors (Lipinski definition) is 2. The zero-order valence-electron chi connectivity index (χ0n) is 23.9. The van der Waals surface area contributed by atoms with Crippen LogP contribution in [0.4, 0.5) is 15.0 Å². The largest absolute Gasteiger partial charge is 0.461 e. The molecule has 2 amide bonds. The molecule has 3 N–H and O–H groups in total. The number of imidazole rings is 1. The average molecular weight is 567 g/mol. The quantitative estimate of drug-likeness (QED) is 0.314. The molecule has 0 aliphatic carbocycles. The van der Waals surface area contributed by atoms with Gasteiger partial charge in [0.15, 0.2) is 11.5 Å². The predicted octanol–water partition coefficient (Wildman–Crippen LogP) is 5.00. The first kappa shape index (κ1) is 29.5. The summed E-state index contributed by atoms with van der Waals surface area (Å²) >= 11 is 0. The molecule has 1 fully saturated rings. The van der Waals surface area contributed by atoms with E-state index in [-0.39, 0.29) is 23.8 Å². The second-order valence-corrected chi connectivity index (χ2v) is 10.8. The maximum atomic E-state index is 13.5. The number of carbonyl (C=O) groups excluding carboxylic acids is 3. The van der Waals surface area contributed by atoms with Gasteiger partial charge in [-0.2, -0.15) is 0 Å². The van der Waals surface area contributed by atoms with Gasteiger partial charge in [-0.1, -0.05) is 12.1 Å². The summed E-state index contributed by atoms with van der Waals surface area (Å²) in [6.07, 6.45) is 2.79. The second kappa shape index (κ2) is 11.9. The Bertz CT molecular complexity index is 1450. The number of nitrogens with two attached hydrogens (primary N) is 1. The number of aromatic nitrogens is 3. The van der Waals surface area contributed by atoms with E-state index in [1.54, 1.807) is 63.8 Å². The molecule has 1 aliphatic rings. The molecule has 11 nitrogen and oxygen atoms in total. The molecule has 0 bridgehead atoms. The summed E-state index contributed by atoms with van der Waals surface area (Å²) in [7, 11) is 0. The average Bonchev–Trinajstić information content (AvgIpc) is 3.27. The normalized spacial score (nSPS) is 15.4. The smallest absolute Gasteiger partial charge is 0.410 e. The maximum absolute atomic E-state index is 13.5. The van der Waals surface area contributed by atoms with Crippen molar-refractivity contribution in [1.82, 2.24) is 19.5 Å². The third-order valence-electron chi connectivity index (χ3n) is 6.55. The minimum Gasteiger partial charge on any atom is -0.461 e. The Hall–Kier alpha value is -4.48. The number of nitrogen functional groups attached to an aromatic ring is 1. The molecule has 1 atom stereocenters. The first-order valence-corrected chi connectivity index (χ1v) is 13.5. The first-order valence-electron chi connectivity index (χ1n) is 13.5. The van der Waals surface area contributed by atoms with Gasteiger partial charge >= 0.3 is 12.1 Å². The molecule has 12 heteroatoms. The van der Waals surface area contributed by atoms with Crippen molar-refractivity contribution in [2.45, 2.75) is 65.5 Å². The molecule has 0 radical (unpaired) electrons. The van der Waals surface area contributed by atoms with Crippen molar-refractivity contribution in [2.75, 3.05) is 24.3 Å². The van der Waals surface area contributed by atoms with Gasteiger partial charge in [-0.3, -0.25) is 9.69 Å². The molecule has 1 aliphatic heterocycles. The maximum Gasteiger partial charge on any atom is 0.410 e. The molecule has 41 heavy (non-hydrogen) atoms. The van der Waals surface area contributed by atoms with Crippen LogP contribution >= 0.6 is 0 Å². The monoisotopic (exact) mass is 566 g/mol. The zero-order chi connectivity index (χ0) is 29.9. The number of pyridine rings is 1. The van der Waals surface area contributed by atoms with E-state index in [2.05, 4.69) is 10.3 Å². The Morgan fingerprint density at radius 3 is 2.51 bits per heavy atom. The molecule has 0 spiro atoms. The molecule has 3 heterocycles. The molecule has 1 unspecified atom stereocenters. The third kappa shape index (κ3) is 6.64. The number of nitrogens with zero attached hydrogens (tertiary/aromatic N) is 4. The van der Waals surface area contributed by atoms with Crippen LogP contribution in [0.25, 0.3) is 11.3 Å². The number of aryl methyl sites for hydroxylation is 1. The van der Waals surface area contributed by atoms with Crippen LogP contribution in [0.1, 0.15) is 85.2 Å². The van der Waals surface area contributed by atoms with Gasteiger partial charge in [0, 0.05) is 17.7 Å². The van der Waals surface area contributed by atoms with Crippen LogP contribution in [0.3, 0.4) is 0 Å². The number of esters is 1. The van der Waals surface area contributed by atoms with E-state index >= 15 is 0 Å². The Morgan fingerprint density at radius 2 is 1.88 bits per heavy atom. The highest BCUT2D eigenvalue weighted by molar-refractivity contribution is 6.04. The standard InChI is InChI=1S/C29H35FN6O5/c1-6-40-27(38)24-23(18-10-12-19(13-11-18)26(37)33-22-15-17(2)20(30)16-32-22)34-25(36(24)31)21-9-7-8-14-35(21)28(39)41-29(3,4)5/h10-13,15-16,21H,6-9,14,31H2,1-5H3,(H,32,33,37). The second-order valence-electron chi connectivity index (χ2n) is 10.8. The number of benzene rings is 1. The van der Waals surface area contributed by atoms with Crippen molar-refractivity contribution in [3.05, 3.63) is 65.0 Å². The lowest BCUT2D eigenvalue weighted by Crippen LogP contribution is -2.43. The predicted molar refractivity (Wildman–Crippen MR) is 150 cm³/mol. The van der Waals surface area contributed by atoms with E-state index in [1.807, 2.05) is 0 Å². The fourth-order valence-electron chi connectivity index (χ4n) is 4.60. The highest BCUT2D eigenvalue weighted by Gasteiger charge is 2.36. The van der Waals surface area contributed by atoms with Crippen LogP contribution in [-0.2, 0) is 9.47 Å². The van der Waals surface area contributed by atoms with Crippen molar-refractivity contribution in [3.8, 4) is 11.3 Å². The number of nitrogens with one attached hydrogen (secondary N) is 1. The molecular weight excluding hydrogens is 531 g/mol. The fraction of sp³-hybridized carbons (Fsp3) is 0.414. The van der Waals surface area contributed by atoms with Crippen LogP contribution in [-0.4, -0.2) is 56.3 Å². The van der Waals surface area contributed by atoms with Crippen molar-refractivity contribution in [2.24, 2.45) is 0 Å². The molecule has 0 saturated carbocycles. The summed E-state index contributed by atoms with van der Waals surface area (Å²) in [6, 6.07) is 7.34. The van der Waals surface area contributed by atoms with E-state index < -0.39 is 35.4 Å². The lowest BCUT2D eigenvalue weighted by Gasteiger charge is -2.36. The van der Waals surface area contributed by atoms with Crippen LogP contribution in [0.5, 0.6) is 0 Å². The molecule has 4 rings (SSSR count). The number of ether oxygens (including phenoxy) is 2. The van der Waals surface area contributed by atoms with Crippen LogP contribution in [0.15, 0.2) is 36.5 Å². The highest BCUT2D eigenvalue weighted by Crippen LogP contribution is 2.35. The number of hydrogen-bond acceptors (Lipinski definition) is 8. The Morgan fingerprint density at radius 1 is 1.17 bits per heavy atom. The van der Waals surface area contributed by atoms with E-state index in [4.69, 9.17) is 20.3 Å². The van der Waals surface area contributed by atoms with Gasteiger partial charge in [-0.25, -0.2) is 28.6 Å². The van der Waals surface area contributed by atoms with Gasteiger partial charge in [0.25, 0.3) is 5.91 Å². The van der Waals surface area contributed by atoms with E-state index in [9.17, 15) is 18.8 Å². The highest BCUT2D eigenvalue weighted by atomic mass is 19.1.